The number of carbonyl (C=O) groups is 1. The van der Waals surface area contributed by atoms with Gasteiger partial charge in [0.25, 0.3) is 0 Å². The van der Waals surface area contributed by atoms with E-state index in [9.17, 15) is 4.79 Å². The number of hydrogen-bond acceptors (Lipinski definition) is 7. The Bertz CT molecular complexity index is 1050. The van der Waals surface area contributed by atoms with Crippen molar-refractivity contribution in [3.05, 3.63) is 41.4 Å². The molecule has 0 radical (unpaired) electrons. The van der Waals surface area contributed by atoms with Crippen molar-refractivity contribution in [2.24, 2.45) is 5.92 Å². The maximum absolute atomic E-state index is 12.6. The van der Waals surface area contributed by atoms with Crippen molar-refractivity contribution < 1.29 is 9.53 Å². The van der Waals surface area contributed by atoms with Crippen LogP contribution in [0.2, 0.25) is 0 Å². The maximum atomic E-state index is 12.6. The van der Waals surface area contributed by atoms with Gasteiger partial charge in [0, 0.05) is 29.9 Å². The van der Waals surface area contributed by atoms with Gasteiger partial charge in [0.05, 0.1) is 33.9 Å². The van der Waals surface area contributed by atoms with Gasteiger partial charge >= 0.3 is 0 Å². The number of amides is 1. The number of nitrogens with one attached hydrogen (secondary N) is 2. The third-order valence-corrected chi connectivity index (χ3v) is 6.58. The zero-order valence-corrected chi connectivity index (χ0v) is 17.0. The molecule has 29 heavy (non-hydrogen) atoms. The molecule has 2 unspecified atom stereocenters. The number of nitrogens with zero attached hydrogens (tertiary/aromatic N) is 3. The fourth-order valence-electron chi connectivity index (χ4n) is 3.91. The van der Waals surface area contributed by atoms with Crippen LogP contribution < -0.4 is 10.6 Å². The van der Waals surface area contributed by atoms with Gasteiger partial charge in [-0.15, -0.1) is 11.3 Å². The molecule has 0 aliphatic carbocycles. The number of aromatic nitrogens is 3. The molecule has 2 saturated heterocycles. The lowest BCUT2D eigenvalue weighted by atomic mass is 9.95. The molecule has 0 saturated carbocycles. The number of carbonyl (C=O) groups excluding carboxylic acids is 1. The van der Waals surface area contributed by atoms with Crippen LogP contribution in [0.3, 0.4) is 0 Å². The molecule has 2 aliphatic rings. The SMILES string of the molecule is Cc1ncc(-c2cc3cc(C4OCC4NC(=O)C4CCNCC4)ncc3cn2)s1. The largest absolute Gasteiger partial charge is 0.367 e. The molecule has 0 bridgehead atoms. The second-order valence-corrected chi connectivity index (χ2v) is 8.90. The summed E-state index contributed by atoms with van der Waals surface area (Å²) in [6.45, 7) is 4.33. The van der Waals surface area contributed by atoms with Gasteiger partial charge in [-0.3, -0.25) is 14.8 Å². The van der Waals surface area contributed by atoms with Gasteiger partial charge in [0.15, 0.2) is 0 Å². The molecule has 0 aromatic carbocycles. The van der Waals surface area contributed by atoms with Crippen LogP contribution in [0.4, 0.5) is 0 Å². The Kier molecular flexibility index (Phi) is 4.99. The molecule has 2 atom stereocenters. The summed E-state index contributed by atoms with van der Waals surface area (Å²) < 4.78 is 5.77. The van der Waals surface area contributed by atoms with Crippen molar-refractivity contribution in [1.82, 2.24) is 25.6 Å². The smallest absolute Gasteiger partial charge is 0.223 e. The minimum absolute atomic E-state index is 0.0206. The minimum atomic E-state index is -0.202. The highest BCUT2D eigenvalue weighted by Crippen LogP contribution is 2.32. The van der Waals surface area contributed by atoms with Crippen LogP contribution in [0.5, 0.6) is 0 Å². The van der Waals surface area contributed by atoms with E-state index in [-0.39, 0.29) is 24.0 Å². The Hall–Kier alpha value is -2.42. The first-order valence-corrected chi connectivity index (χ1v) is 10.8. The summed E-state index contributed by atoms with van der Waals surface area (Å²) in [5.74, 6) is 0.233. The molecule has 3 aromatic rings. The summed E-state index contributed by atoms with van der Waals surface area (Å²) in [6.07, 6.45) is 7.11. The number of aryl methyl sites for hydroxylation is 1. The van der Waals surface area contributed by atoms with E-state index in [4.69, 9.17) is 4.74 Å². The van der Waals surface area contributed by atoms with Gasteiger partial charge in [-0.2, -0.15) is 0 Å². The molecule has 1 amide bonds. The molecule has 150 valence electrons. The molecular weight excluding hydrogens is 386 g/mol. The molecule has 2 N–H and O–H groups in total. The van der Waals surface area contributed by atoms with E-state index in [2.05, 4.69) is 31.7 Å². The Morgan fingerprint density at radius 1 is 1.14 bits per heavy atom. The number of pyridine rings is 2. The van der Waals surface area contributed by atoms with Crippen LogP contribution in [-0.4, -0.2) is 46.6 Å². The van der Waals surface area contributed by atoms with Crippen LogP contribution in [0, 0.1) is 12.8 Å². The van der Waals surface area contributed by atoms with Crippen LogP contribution in [0.25, 0.3) is 21.3 Å². The molecule has 2 aliphatic heterocycles. The first kappa shape index (κ1) is 18.6. The molecule has 2 fully saturated rings. The fourth-order valence-corrected chi connectivity index (χ4v) is 4.65. The Labute approximate surface area is 172 Å². The summed E-state index contributed by atoms with van der Waals surface area (Å²) >= 11 is 1.63. The molecular formula is C21H23N5O2S. The Morgan fingerprint density at radius 3 is 2.69 bits per heavy atom. The number of piperidine rings is 1. The topological polar surface area (TPSA) is 89.0 Å². The van der Waals surface area contributed by atoms with Crippen LogP contribution in [-0.2, 0) is 9.53 Å². The lowest BCUT2D eigenvalue weighted by Gasteiger charge is -2.38. The van der Waals surface area contributed by atoms with E-state index in [0.717, 1.165) is 58.0 Å². The highest BCUT2D eigenvalue weighted by molar-refractivity contribution is 7.15. The van der Waals surface area contributed by atoms with Crippen LogP contribution >= 0.6 is 11.3 Å². The lowest BCUT2D eigenvalue weighted by molar-refractivity contribution is -0.137. The third-order valence-electron chi connectivity index (χ3n) is 5.65. The monoisotopic (exact) mass is 409 g/mol. The molecule has 7 nitrogen and oxygen atoms in total. The van der Waals surface area contributed by atoms with E-state index in [1.165, 1.54) is 0 Å². The highest BCUT2D eigenvalue weighted by Gasteiger charge is 2.37. The summed E-state index contributed by atoms with van der Waals surface area (Å²) in [7, 11) is 0. The predicted octanol–water partition coefficient (Wildman–Crippen LogP) is 2.62. The van der Waals surface area contributed by atoms with Gasteiger partial charge in [-0.1, -0.05) is 0 Å². The standard InChI is InChI=1S/C21H23N5O2S/c1-12-23-10-19(29-12)16-6-14-7-17(25-9-15(14)8-24-16)20-18(11-28-20)26-21(27)13-2-4-22-5-3-13/h6-10,13,18,20,22H,2-5,11H2,1H3,(H,26,27). The number of thiazole rings is 1. The van der Waals surface area contributed by atoms with Crippen LogP contribution in [0.15, 0.2) is 30.7 Å². The summed E-state index contributed by atoms with van der Waals surface area (Å²) in [5, 5.41) is 9.53. The first-order valence-electron chi connectivity index (χ1n) is 9.98. The van der Waals surface area contributed by atoms with Gasteiger partial charge in [-0.05, 0) is 50.4 Å². The Morgan fingerprint density at radius 2 is 1.97 bits per heavy atom. The van der Waals surface area contributed by atoms with Crippen molar-refractivity contribution in [3.8, 4) is 10.6 Å². The van der Waals surface area contributed by atoms with Crippen molar-refractivity contribution >= 4 is 28.0 Å². The number of hydrogen-bond donors (Lipinski definition) is 2. The van der Waals surface area contributed by atoms with Crippen LogP contribution in [0.1, 0.15) is 29.6 Å². The van der Waals surface area contributed by atoms with Crippen molar-refractivity contribution in [1.29, 1.82) is 0 Å². The van der Waals surface area contributed by atoms with Crippen molar-refractivity contribution in [2.75, 3.05) is 19.7 Å². The second kappa shape index (κ2) is 7.78. The van der Waals surface area contributed by atoms with E-state index in [1.54, 1.807) is 11.3 Å². The quantitative estimate of drug-likeness (QED) is 0.689. The summed E-state index contributed by atoms with van der Waals surface area (Å²) in [5.41, 5.74) is 1.75. The number of ether oxygens (including phenoxy) is 1. The summed E-state index contributed by atoms with van der Waals surface area (Å²) in [6, 6.07) is 4.09. The zero-order chi connectivity index (χ0) is 19.8. The predicted molar refractivity (Wildman–Crippen MR) is 112 cm³/mol. The number of rotatable bonds is 4. The average molecular weight is 410 g/mol. The van der Waals surface area contributed by atoms with E-state index in [0.29, 0.717) is 6.61 Å². The van der Waals surface area contributed by atoms with Crippen molar-refractivity contribution in [3.63, 3.8) is 0 Å². The highest BCUT2D eigenvalue weighted by atomic mass is 32.1. The summed E-state index contributed by atoms with van der Waals surface area (Å²) in [4.78, 5) is 27.0. The molecule has 8 heteroatoms. The third kappa shape index (κ3) is 3.75. The molecule has 5 heterocycles. The van der Waals surface area contributed by atoms with E-state index < -0.39 is 0 Å². The molecule has 3 aromatic heterocycles. The Balaban J connectivity index is 1.34. The van der Waals surface area contributed by atoms with E-state index in [1.807, 2.05) is 31.6 Å². The van der Waals surface area contributed by atoms with E-state index >= 15 is 0 Å². The minimum Gasteiger partial charge on any atom is -0.367 e. The van der Waals surface area contributed by atoms with Gasteiger partial charge in [-0.25, -0.2) is 4.98 Å². The maximum Gasteiger partial charge on any atom is 0.223 e. The fraction of sp³-hybridized carbons (Fsp3) is 0.429. The zero-order valence-electron chi connectivity index (χ0n) is 16.2. The van der Waals surface area contributed by atoms with Gasteiger partial charge < -0.3 is 15.4 Å². The molecule has 0 spiro atoms. The van der Waals surface area contributed by atoms with Crippen molar-refractivity contribution in [2.45, 2.75) is 31.9 Å². The number of fused-ring (bicyclic) bond motifs is 1. The molecule has 5 rings (SSSR count). The average Bonchev–Trinajstić information content (AvgIpc) is 3.17. The normalized spacial score (nSPS) is 22.4. The first-order chi connectivity index (χ1) is 14.2. The van der Waals surface area contributed by atoms with Gasteiger partial charge in [0.1, 0.15) is 6.10 Å². The lowest BCUT2D eigenvalue weighted by Crippen LogP contribution is -2.53. The second-order valence-electron chi connectivity index (χ2n) is 7.66. The van der Waals surface area contributed by atoms with Gasteiger partial charge in [0.2, 0.25) is 5.91 Å².